The van der Waals surface area contributed by atoms with Crippen molar-refractivity contribution in [3.05, 3.63) is 11.3 Å². The molecule has 0 bridgehead atoms. The van der Waals surface area contributed by atoms with Crippen molar-refractivity contribution in [3.63, 3.8) is 0 Å². The normalized spacial score (nSPS) is 21.0. The van der Waals surface area contributed by atoms with Crippen LogP contribution >= 0.6 is 12.4 Å². The molecule has 5 nitrogen and oxygen atoms in total. The molecule has 1 aliphatic carbocycles. The molecule has 1 aromatic rings. The molecule has 2 heterocycles. The topological polar surface area (TPSA) is 59.0 Å². The highest BCUT2D eigenvalue weighted by molar-refractivity contribution is 5.91. The largest absolute Gasteiger partial charge is 0.313 e. The lowest BCUT2D eigenvalue weighted by Gasteiger charge is -2.11. The van der Waals surface area contributed by atoms with Crippen LogP contribution in [0.1, 0.15) is 36.9 Å². The van der Waals surface area contributed by atoms with E-state index in [9.17, 15) is 4.79 Å². The fourth-order valence-corrected chi connectivity index (χ4v) is 3.01. The Morgan fingerprint density at radius 3 is 3.05 bits per heavy atom. The summed E-state index contributed by atoms with van der Waals surface area (Å²) in [5.41, 5.74) is 2.40. The van der Waals surface area contributed by atoms with Gasteiger partial charge in [0.15, 0.2) is 0 Å². The molecule has 0 radical (unpaired) electrons. The van der Waals surface area contributed by atoms with E-state index in [4.69, 9.17) is 0 Å². The van der Waals surface area contributed by atoms with Gasteiger partial charge in [-0.1, -0.05) is 0 Å². The Morgan fingerprint density at radius 2 is 2.32 bits per heavy atom. The van der Waals surface area contributed by atoms with Crippen LogP contribution in [0.2, 0.25) is 0 Å². The number of amides is 1. The highest BCUT2D eigenvalue weighted by atomic mass is 35.5. The maximum atomic E-state index is 12.0. The molecule has 0 aromatic carbocycles. The van der Waals surface area contributed by atoms with Gasteiger partial charge in [-0.3, -0.25) is 9.48 Å². The van der Waals surface area contributed by atoms with Gasteiger partial charge in [-0.15, -0.1) is 12.4 Å². The number of hydrogen-bond donors (Lipinski definition) is 2. The first-order chi connectivity index (χ1) is 8.74. The van der Waals surface area contributed by atoms with Crippen molar-refractivity contribution in [2.24, 2.45) is 7.05 Å². The van der Waals surface area contributed by atoms with Gasteiger partial charge in [-0.2, -0.15) is 5.10 Å². The molecule has 106 valence electrons. The van der Waals surface area contributed by atoms with E-state index in [-0.39, 0.29) is 18.3 Å². The number of carbonyl (C=O) groups is 1. The van der Waals surface area contributed by atoms with Crippen LogP contribution in [0.25, 0.3) is 0 Å². The number of hydrogen-bond acceptors (Lipinski definition) is 3. The molecule has 1 aromatic heterocycles. The minimum atomic E-state index is 0. The summed E-state index contributed by atoms with van der Waals surface area (Å²) in [5, 5.41) is 10.9. The van der Waals surface area contributed by atoms with Gasteiger partial charge >= 0.3 is 0 Å². The van der Waals surface area contributed by atoms with Gasteiger partial charge in [0, 0.05) is 25.1 Å². The zero-order valence-corrected chi connectivity index (χ0v) is 12.1. The van der Waals surface area contributed by atoms with E-state index in [0.29, 0.717) is 12.5 Å². The Bertz CT molecular complexity index is 465. The maximum absolute atomic E-state index is 12.0. The van der Waals surface area contributed by atoms with Crippen LogP contribution in [0.5, 0.6) is 0 Å². The Labute approximate surface area is 119 Å². The number of carbonyl (C=O) groups excluding carboxylic acids is 1. The predicted molar refractivity (Wildman–Crippen MR) is 76.8 cm³/mol. The standard InChI is InChI=1S/C13H20N4O.ClH/c1-17-13(10-5-2-6-11(10)16-17)15-12(18)8-9-4-3-7-14-9;/h9,14H,2-8H2,1H3,(H,15,18);1H. The van der Waals surface area contributed by atoms with E-state index >= 15 is 0 Å². The molecular formula is C13H21ClN4O. The molecular weight excluding hydrogens is 264 g/mol. The summed E-state index contributed by atoms with van der Waals surface area (Å²) in [7, 11) is 1.90. The summed E-state index contributed by atoms with van der Waals surface area (Å²) in [4.78, 5) is 12.0. The van der Waals surface area contributed by atoms with Crippen molar-refractivity contribution < 1.29 is 4.79 Å². The number of nitrogens with zero attached hydrogens (tertiary/aromatic N) is 2. The van der Waals surface area contributed by atoms with Gasteiger partial charge in [-0.05, 0) is 38.6 Å². The molecule has 2 N–H and O–H groups in total. The summed E-state index contributed by atoms with van der Waals surface area (Å²) >= 11 is 0. The van der Waals surface area contributed by atoms with E-state index in [1.807, 2.05) is 11.7 Å². The zero-order valence-electron chi connectivity index (χ0n) is 11.2. The van der Waals surface area contributed by atoms with Crippen molar-refractivity contribution in [1.29, 1.82) is 0 Å². The van der Waals surface area contributed by atoms with Gasteiger partial charge in [0.1, 0.15) is 5.82 Å². The number of aromatic nitrogens is 2. The molecule has 1 saturated heterocycles. The first-order valence-electron chi connectivity index (χ1n) is 6.82. The zero-order chi connectivity index (χ0) is 12.5. The molecule has 1 atom stereocenters. The van der Waals surface area contributed by atoms with Gasteiger partial charge < -0.3 is 10.6 Å². The summed E-state index contributed by atoms with van der Waals surface area (Å²) in [5.74, 6) is 1.01. The number of nitrogens with one attached hydrogen (secondary N) is 2. The third-order valence-electron chi connectivity index (χ3n) is 3.92. The molecule has 6 heteroatoms. The fourth-order valence-electron chi connectivity index (χ4n) is 3.01. The smallest absolute Gasteiger partial charge is 0.227 e. The first kappa shape index (κ1) is 14.3. The highest BCUT2D eigenvalue weighted by Crippen LogP contribution is 2.28. The molecule has 2 aliphatic rings. The van der Waals surface area contributed by atoms with Crippen molar-refractivity contribution in [1.82, 2.24) is 15.1 Å². The number of aryl methyl sites for hydroxylation is 2. The molecule has 1 fully saturated rings. The molecule has 1 aliphatic heterocycles. The van der Waals surface area contributed by atoms with Crippen LogP contribution in [-0.4, -0.2) is 28.3 Å². The van der Waals surface area contributed by atoms with Crippen LogP contribution in [0.15, 0.2) is 0 Å². The summed E-state index contributed by atoms with van der Waals surface area (Å²) in [6.45, 7) is 1.04. The van der Waals surface area contributed by atoms with E-state index in [2.05, 4.69) is 15.7 Å². The summed E-state index contributed by atoms with van der Waals surface area (Å²) < 4.78 is 1.81. The Hall–Kier alpha value is -1.07. The lowest BCUT2D eigenvalue weighted by Crippen LogP contribution is -2.28. The Balaban J connectivity index is 0.00000133. The van der Waals surface area contributed by atoms with Crippen LogP contribution in [-0.2, 0) is 24.7 Å². The maximum Gasteiger partial charge on any atom is 0.227 e. The van der Waals surface area contributed by atoms with E-state index in [0.717, 1.165) is 43.7 Å². The monoisotopic (exact) mass is 284 g/mol. The quantitative estimate of drug-likeness (QED) is 0.882. The highest BCUT2D eigenvalue weighted by Gasteiger charge is 2.23. The van der Waals surface area contributed by atoms with Crippen molar-refractivity contribution in [3.8, 4) is 0 Å². The van der Waals surface area contributed by atoms with Crippen LogP contribution in [0.3, 0.4) is 0 Å². The van der Waals surface area contributed by atoms with Crippen molar-refractivity contribution >= 4 is 24.1 Å². The predicted octanol–water partition coefficient (Wildman–Crippen LogP) is 1.41. The SMILES string of the molecule is Cl.Cn1nc2c(c1NC(=O)CC1CCCN1)CCC2. The van der Waals surface area contributed by atoms with Gasteiger partial charge in [0.05, 0.1) is 5.69 Å². The second-order valence-electron chi connectivity index (χ2n) is 5.30. The lowest BCUT2D eigenvalue weighted by atomic mass is 10.1. The van der Waals surface area contributed by atoms with Crippen LogP contribution in [0.4, 0.5) is 5.82 Å². The second-order valence-corrected chi connectivity index (χ2v) is 5.30. The lowest BCUT2D eigenvalue weighted by molar-refractivity contribution is -0.116. The molecule has 1 amide bonds. The van der Waals surface area contributed by atoms with E-state index < -0.39 is 0 Å². The van der Waals surface area contributed by atoms with E-state index in [1.165, 1.54) is 12.0 Å². The average Bonchev–Trinajstić information content (AvgIpc) is 3.00. The van der Waals surface area contributed by atoms with Crippen LogP contribution < -0.4 is 10.6 Å². The number of anilines is 1. The summed E-state index contributed by atoms with van der Waals surface area (Å²) in [6, 6.07) is 0.353. The third-order valence-corrected chi connectivity index (χ3v) is 3.92. The third kappa shape index (κ3) is 2.92. The minimum Gasteiger partial charge on any atom is -0.313 e. The molecule has 1 unspecified atom stereocenters. The van der Waals surface area contributed by atoms with Crippen molar-refractivity contribution in [2.75, 3.05) is 11.9 Å². The minimum absolute atomic E-state index is 0. The Morgan fingerprint density at radius 1 is 1.47 bits per heavy atom. The van der Waals surface area contributed by atoms with E-state index in [1.54, 1.807) is 0 Å². The van der Waals surface area contributed by atoms with Gasteiger partial charge in [0.2, 0.25) is 5.91 Å². The second kappa shape index (κ2) is 5.92. The molecule has 0 saturated carbocycles. The Kier molecular flexibility index (Phi) is 4.47. The van der Waals surface area contributed by atoms with Crippen molar-refractivity contribution in [2.45, 2.75) is 44.6 Å². The first-order valence-corrected chi connectivity index (χ1v) is 6.82. The molecule has 3 rings (SSSR count). The average molecular weight is 285 g/mol. The van der Waals surface area contributed by atoms with Crippen LogP contribution in [0, 0.1) is 0 Å². The number of fused-ring (bicyclic) bond motifs is 1. The van der Waals surface area contributed by atoms with Gasteiger partial charge in [0.25, 0.3) is 0 Å². The molecule has 0 spiro atoms. The number of halogens is 1. The van der Waals surface area contributed by atoms with Gasteiger partial charge in [-0.25, -0.2) is 0 Å². The number of rotatable bonds is 3. The summed E-state index contributed by atoms with van der Waals surface area (Å²) in [6.07, 6.45) is 6.10. The molecule has 19 heavy (non-hydrogen) atoms. The fraction of sp³-hybridized carbons (Fsp3) is 0.692.